The Hall–Kier alpha value is -2.37. The van der Waals surface area contributed by atoms with Crippen molar-refractivity contribution in [1.29, 1.82) is 0 Å². The van der Waals surface area contributed by atoms with Crippen LogP contribution >= 0.6 is 22.9 Å². The van der Waals surface area contributed by atoms with E-state index >= 15 is 0 Å². The number of aromatic nitrogens is 2. The number of hydrogen-bond acceptors (Lipinski definition) is 3. The Kier molecular flexibility index (Phi) is 5.13. The number of hydrogen-bond donors (Lipinski definition) is 0. The van der Waals surface area contributed by atoms with Gasteiger partial charge in [-0.2, -0.15) is 5.10 Å². The molecule has 0 aliphatic carbocycles. The second kappa shape index (κ2) is 7.47. The summed E-state index contributed by atoms with van der Waals surface area (Å²) >= 11 is 7.45. The molecule has 3 aromatic rings. The van der Waals surface area contributed by atoms with Crippen LogP contribution in [0.3, 0.4) is 0 Å². The molecule has 6 heteroatoms. The summed E-state index contributed by atoms with van der Waals surface area (Å²) in [4.78, 5) is 15.6. The number of halogens is 1. The number of carbonyl (C=O) groups is 1. The number of carbonyl (C=O) groups excluding carboxylic acids is 1. The van der Waals surface area contributed by atoms with Crippen molar-refractivity contribution in [2.45, 2.75) is 6.54 Å². The van der Waals surface area contributed by atoms with Crippen LogP contribution in [0.2, 0.25) is 4.34 Å². The van der Waals surface area contributed by atoms with Gasteiger partial charge in [-0.05, 0) is 42.5 Å². The van der Waals surface area contributed by atoms with Crippen LogP contribution in [0.4, 0.5) is 0 Å². The molecule has 4 nitrogen and oxygen atoms in total. The Morgan fingerprint density at radius 1 is 1.29 bits per heavy atom. The molecule has 0 aliphatic rings. The normalized spacial score (nSPS) is 10.5. The van der Waals surface area contributed by atoms with E-state index in [1.54, 1.807) is 21.9 Å². The van der Waals surface area contributed by atoms with Crippen molar-refractivity contribution in [2.24, 2.45) is 0 Å². The maximum absolute atomic E-state index is 12.8. The summed E-state index contributed by atoms with van der Waals surface area (Å²) in [7, 11) is 0. The van der Waals surface area contributed by atoms with Crippen LogP contribution in [-0.4, -0.2) is 27.1 Å². The Labute approximate surface area is 149 Å². The highest BCUT2D eigenvalue weighted by molar-refractivity contribution is 7.16. The molecular formula is C18H16ClN3OS. The molecule has 0 saturated carbocycles. The lowest BCUT2D eigenvalue weighted by Crippen LogP contribution is -2.30. The monoisotopic (exact) mass is 357 g/mol. The van der Waals surface area contributed by atoms with Gasteiger partial charge >= 0.3 is 0 Å². The highest BCUT2D eigenvalue weighted by Crippen LogP contribution is 2.23. The maximum atomic E-state index is 12.8. The first-order chi connectivity index (χ1) is 11.7. The van der Waals surface area contributed by atoms with E-state index in [0.717, 1.165) is 14.9 Å². The topological polar surface area (TPSA) is 38.1 Å². The van der Waals surface area contributed by atoms with Gasteiger partial charge in [0.25, 0.3) is 5.91 Å². The van der Waals surface area contributed by atoms with E-state index in [1.807, 2.05) is 48.7 Å². The summed E-state index contributed by atoms with van der Waals surface area (Å²) in [5.74, 6) is -0.0357. The quantitative estimate of drug-likeness (QED) is 0.612. The molecular weight excluding hydrogens is 342 g/mol. The molecule has 0 atom stereocenters. The molecule has 1 aromatic carbocycles. The predicted molar refractivity (Wildman–Crippen MR) is 97.8 cm³/mol. The van der Waals surface area contributed by atoms with Gasteiger partial charge in [-0.1, -0.05) is 17.7 Å². The van der Waals surface area contributed by atoms with Crippen LogP contribution in [0.15, 0.2) is 67.5 Å². The first kappa shape index (κ1) is 16.5. The Balaban J connectivity index is 1.77. The fourth-order valence-electron chi connectivity index (χ4n) is 2.36. The molecule has 122 valence electrons. The number of rotatable bonds is 6. The highest BCUT2D eigenvalue weighted by Gasteiger charge is 2.16. The minimum atomic E-state index is -0.0357. The summed E-state index contributed by atoms with van der Waals surface area (Å²) in [6.45, 7) is 4.74. The largest absolute Gasteiger partial charge is 0.330 e. The van der Waals surface area contributed by atoms with Gasteiger partial charge in [-0.3, -0.25) is 4.79 Å². The van der Waals surface area contributed by atoms with Crippen LogP contribution in [0.5, 0.6) is 0 Å². The first-order valence-corrected chi connectivity index (χ1v) is 8.61. The van der Waals surface area contributed by atoms with E-state index in [-0.39, 0.29) is 5.91 Å². The van der Waals surface area contributed by atoms with Crippen molar-refractivity contribution >= 4 is 28.8 Å². The fourth-order valence-corrected chi connectivity index (χ4v) is 3.46. The molecule has 0 aliphatic heterocycles. The Morgan fingerprint density at radius 3 is 2.67 bits per heavy atom. The van der Waals surface area contributed by atoms with Crippen LogP contribution in [0, 0.1) is 0 Å². The maximum Gasteiger partial charge on any atom is 0.254 e. The van der Waals surface area contributed by atoms with E-state index in [4.69, 9.17) is 11.6 Å². The van der Waals surface area contributed by atoms with E-state index in [9.17, 15) is 4.79 Å². The van der Waals surface area contributed by atoms with Crippen molar-refractivity contribution < 1.29 is 4.79 Å². The van der Waals surface area contributed by atoms with Gasteiger partial charge in [-0.15, -0.1) is 17.9 Å². The number of thiophene rings is 1. The Bertz CT molecular complexity index is 824. The smallest absolute Gasteiger partial charge is 0.254 e. The van der Waals surface area contributed by atoms with E-state index in [0.29, 0.717) is 18.7 Å². The highest BCUT2D eigenvalue weighted by atomic mass is 35.5. The third kappa shape index (κ3) is 3.75. The lowest BCUT2D eigenvalue weighted by Gasteiger charge is -2.20. The van der Waals surface area contributed by atoms with Crippen LogP contribution in [0.1, 0.15) is 15.2 Å². The molecule has 0 spiro atoms. The third-order valence-corrected chi connectivity index (χ3v) is 4.71. The first-order valence-electron chi connectivity index (χ1n) is 7.42. The van der Waals surface area contributed by atoms with Crippen molar-refractivity contribution in [3.63, 3.8) is 0 Å². The van der Waals surface area contributed by atoms with Gasteiger partial charge in [0.2, 0.25) is 0 Å². The lowest BCUT2D eigenvalue weighted by molar-refractivity contribution is 0.0764. The number of amides is 1. The molecule has 1 amide bonds. The minimum Gasteiger partial charge on any atom is -0.330 e. The molecule has 2 heterocycles. The minimum absolute atomic E-state index is 0.0357. The molecule has 0 unspecified atom stereocenters. The van der Waals surface area contributed by atoms with Gasteiger partial charge in [0.15, 0.2) is 0 Å². The summed E-state index contributed by atoms with van der Waals surface area (Å²) in [5, 5.41) is 4.18. The number of benzene rings is 1. The number of nitrogens with zero attached hydrogens (tertiary/aromatic N) is 3. The SMILES string of the molecule is C=CCN(Cc1ccc(Cl)s1)C(=O)c1ccc(-n2cccn2)cc1. The summed E-state index contributed by atoms with van der Waals surface area (Å²) in [5.41, 5.74) is 1.55. The second-order valence-electron chi connectivity index (χ2n) is 5.18. The second-order valence-corrected chi connectivity index (χ2v) is 6.98. The molecule has 24 heavy (non-hydrogen) atoms. The zero-order valence-corrected chi connectivity index (χ0v) is 14.5. The average Bonchev–Trinajstić information content (AvgIpc) is 3.26. The molecule has 0 N–H and O–H groups in total. The molecule has 0 saturated heterocycles. The zero-order valence-electron chi connectivity index (χ0n) is 12.9. The van der Waals surface area contributed by atoms with Gasteiger partial charge in [0.05, 0.1) is 16.6 Å². The van der Waals surface area contributed by atoms with Gasteiger partial charge in [-0.25, -0.2) is 4.68 Å². The van der Waals surface area contributed by atoms with E-state index in [2.05, 4.69) is 11.7 Å². The summed E-state index contributed by atoms with van der Waals surface area (Å²) < 4.78 is 2.48. The molecule has 0 fully saturated rings. The standard InChI is InChI=1S/C18H16ClN3OS/c1-2-11-21(13-16-8-9-17(19)24-16)18(23)14-4-6-15(7-5-14)22-12-3-10-20-22/h2-10,12H,1,11,13H2. The molecule has 2 aromatic heterocycles. The zero-order chi connectivity index (χ0) is 16.9. The molecule has 3 rings (SSSR count). The Morgan fingerprint density at radius 2 is 2.08 bits per heavy atom. The van der Waals surface area contributed by atoms with Crippen LogP contribution < -0.4 is 0 Å². The lowest BCUT2D eigenvalue weighted by atomic mass is 10.1. The van der Waals surface area contributed by atoms with Crippen LogP contribution in [0.25, 0.3) is 5.69 Å². The van der Waals surface area contributed by atoms with Crippen LogP contribution in [-0.2, 0) is 6.54 Å². The summed E-state index contributed by atoms with van der Waals surface area (Å²) in [6.07, 6.45) is 5.31. The van der Waals surface area contributed by atoms with Gasteiger partial charge in [0.1, 0.15) is 0 Å². The van der Waals surface area contributed by atoms with Crippen molar-refractivity contribution in [3.05, 3.63) is 82.3 Å². The summed E-state index contributed by atoms with van der Waals surface area (Å²) in [6, 6.07) is 13.0. The predicted octanol–water partition coefficient (Wildman–Crippen LogP) is 4.42. The van der Waals surface area contributed by atoms with Gasteiger partial charge in [0, 0.05) is 29.4 Å². The van der Waals surface area contributed by atoms with Crippen molar-refractivity contribution in [1.82, 2.24) is 14.7 Å². The van der Waals surface area contributed by atoms with E-state index in [1.165, 1.54) is 11.3 Å². The molecule has 0 bridgehead atoms. The average molecular weight is 358 g/mol. The van der Waals surface area contributed by atoms with Crippen molar-refractivity contribution in [3.8, 4) is 5.69 Å². The molecule has 0 radical (unpaired) electrons. The van der Waals surface area contributed by atoms with Gasteiger partial charge < -0.3 is 4.90 Å². The van der Waals surface area contributed by atoms with E-state index < -0.39 is 0 Å². The third-order valence-electron chi connectivity index (χ3n) is 3.50. The fraction of sp³-hybridized carbons (Fsp3) is 0.111. The van der Waals surface area contributed by atoms with Crippen molar-refractivity contribution in [2.75, 3.05) is 6.54 Å².